The van der Waals surface area contributed by atoms with Crippen LogP contribution in [0.5, 0.6) is 0 Å². The summed E-state index contributed by atoms with van der Waals surface area (Å²) in [6.45, 7) is 8.97. The smallest absolute Gasteiger partial charge is 0.199 e. The Labute approximate surface area is 190 Å². The molecule has 1 aromatic heterocycles. The molecule has 0 spiro atoms. The maximum Gasteiger partial charge on any atom is 0.199 e. The lowest BCUT2D eigenvalue weighted by molar-refractivity contribution is 0.267. The van der Waals surface area contributed by atoms with Gasteiger partial charge in [-0.15, -0.1) is 34.2 Å². The number of aliphatic imine (C=N–C) groups is 1. The van der Waals surface area contributed by atoms with Gasteiger partial charge in [0.1, 0.15) is 12.4 Å². The predicted molar refractivity (Wildman–Crippen MR) is 128 cm³/mol. The van der Waals surface area contributed by atoms with E-state index in [1.54, 1.807) is 0 Å². The van der Waals surface area contributed by atoms with E-state index < -0.39 is 0 Å². The first-order valence-corrected chi connectivity index (χ1v) is 10.4. The van der Waals surface area contributed by atoms with Crippen LogP contribution in [-0.2, 0) is 20.0 Å². The normalized spacial score (nSPS) is 19.3. The van der Waals surface area contributed by atoms with Gasteiger partial charge in [-0.3, -0.25) is 4.90 Å². The second kappa shape index (κ2) is 9.88. The molecule has 2 aromatic rings. The maximum atomic E-state index is 4.95. The molecule has 0 amide bonds. The molecule has 0 radical (unpaired) electrons. The quantitative estimate of drug-likeness (QED) is 0.382. The highest BCUT2D eigenvalue weighted by Crippen LogP contribution is 2.27. The lowest BCUT2D eigenvalue weighted by Crippen LogP contribution is -2.46. The molecule has 1 fully saturated rings. The number of para-hydroxylation sites is 1. The Balaban J connectivity index is 0.00000240. The van der Waals surface area contributed by atoms with E-state index in [1.165, 1.54) is 30.6 Å². The number of fused-ring (bicyclic) bond motifs is 1. The highest BCUT2D eigenvalue weighted by molar-refractivity contribution is 14.0. The minimum atomic E-state index is 0. The van der Waals surface area contributed by atoms with Crippen LogP contribution in [0, 0.1) is 6.92 Å². The van der Waals surface area contributed by atoms with E-state index in [0.29, 0.717) is 12.6 Å². The number of halogens is 1. The van der Waals surface area contributed by atoms with E-state index in [-0.39, 0.29) is 24.0 Å². The Morgan fingerprint density at radius 2 is 2.07 bits per heavy atom. The van der Waals surface area contributed by atoms with Crippen molar-refractivity contribution in [2.75, 3.05) is 31.1 Å². The molecule has 0 aliphatic carbocycles. The molecule has 1 saturated heterocycles. The zero-order chi connectivity index (χ0) is 19.5. The van der Waals surface area contributed by atoms with Crippen LogP contribution >= 0.6 is 24.0 Å². The van der Waals surface area contributed by atoms with Crippen LogP contribution in [0.2, 0.25) is 0 Å². The number of anilines is 1. The molecule has 2 aliphatic heterocycles. The van der Waals surface area contributed by atoms with Gasteiger partial charge in [-0.05, 0) is 50.9 Å². The number of benzene rings is 1. The first-order chi connectivity index (χ1) is 13.7. The van der Waals surface area contributed by atoms with Crippen molar-refractivity contribution in [2.45, 2.75) is 45.7 Å². The van der Waals surface area contributed by atoms with E-state index >= 15 is 0 Å². The summed E-state index contributed by atoms with van der Waals surface area (Å²) in [5.74, 6) is 2.75. The number of hydrogen-bond acceptors (Lipinski definition) is 4. The number of guanidine groups is 1. The SMILES string of the molecule is CCN1CCCC1CNC(=NCc1nnc(C)n1C)N1CCc2ccccc21.I. The van der Waals surface area contributed by atoms with Crippen molar-refractivity contribution in [3.05, 3.63) is 41.5 Å². The van der Waals surface area contributed by atoms with Crippen molar-refractivity contribution in [3.8, 4) is 0 Å². The third-order valence-electron chi connectivity index (χ3n) is 6.10. The van der Waals surface area contributed by atoms with Crippen molar-refractivity contribution in [2.24, 2.45) is 12.0 Å². The monoisotopic (exact) mass is 509 g/mol. The molecule has 0 bridgehead atoms. The number of likely N-dealkylation sites (tertiary alicyclic amines) is 1. The molecule has 0 saturated carbocycles. The highest BCUT2D eigenvalue weighted by atomic mass is 127. The van der Waals surface area contributed by atoms with Gasteiger partial charge in [0, 0.05) is 31.9 Å². The Kier molecular flexibility index (Phi) is 7.50. The van der Waals surface area contributed by atoms with E-state index in [1.807, 2.05) is 18.5 Å². The average molecular weight is 509 g/mol. The van der Waals surface area contributed by atoms with Crippen LogP contribution in [0.3, 0.4) is 0 Å². The standard InChI is InChI=1S/C21H31N7.HI/c1-4-27-12-7-9-18(27)14-22-21(23-15-20-25-24-16(2)26(20)3)28-13-11-17-8-5-6-10-19(17)28;/h5-6,8,10,18H,4,7,9,11-15H2,1-3H3,(H,22,23);1H. The van der Waals surface area contributed by atoms with E-state index in [9.17, 15) is 0 Å². The summed E-state index contributed by atoms with van der Waals surface area (Å²) in [6.07, 6.45) is 3.61. The van der Waals surface area contributed by atoms with Crippen LogP contribution in [0.25, 0.3) is 0 Å². The summed E-state index contributed by atoms with van der Waals surface area (Å²) >= 11 is 0. The third kappa shape index (κ3) is 4.74. The summed E-state index contributed by atoms with van der Waals surface area (Å²) in [4.78, 5) is 9.84. The molecular weight excluding hydrogens is 477 g/mol. The van der Waals surface area contributed by atoms with Gasteiger partial charge >= 0.3 is 0 Å². The minimum Gasteiger partial charge on any atom is -0.354 e. The summed E-state index contributed by atoms with van der Waals surface area (Å²) in [7, 11) is 2.00. The topological polar surface area (TPSA) is 61.6 Å². The number of nitrogens with zero attached hydrogens (tertiary/aromatic N) is 6. The lowest BCUT2D eigenvalue weighted by Gasteiger charge is -2.27. The van der Waals surface area contributed by atoms with Crippen molar-refractivity contribution in [1.29, 1.82) is 0 Å². The van der Waals surface area contributed by atoms with Crippen molar-refractivity contribution in [3.63, 3.8) is 0 Å². The third-order valence-corrected chi connectivity index (χ3v) is 6.10. The molecule has 4 rings (SSSR count). The summed E-state index contributed by atoms with van der Waals surface area (Å²) in [5.41, 5.74) is 2.66. The largest absolute Gasteiger partial charge is 0.354 e. The number of aryl methyl sites for hydroxylation is 1. The zero-order valence-corrected chi connectivity index (χ0v) is 20.0. The Morgan fingerprint density at radius 1 is 1.24 bits per heavy atom. The van der Waals surface area contributed by atoms with Gasteiger partial charge in [0.15, 0.2) is 11.8 Å². The summed E-state index contributed by atoms with van der Waals surface area (Å²) in [5, 5.41) is 12.1. The fourth-order valence-corrected chi connectivity index (χ4v) is 4.28. The average Bonchev–Trinajstić information content (AvgIpc) is 3.42. The summed E-state index contributed by atoms with van der Waals surface area (Å²) < 4.78 is 2.01. The molecule has 1 unspecified atom stereocenters. The van der Waals surface area contributed by atoms with Crippen molar-refractivity contribution < 1.29 is 0 Å². The van der Waals surface area contributed by atoms with Gasteiger partial charge < -0.3 is 14.8 Å². The predicted octanol–water partition coefficient (Wildman–Crippen LogP) is 2.73. The Hall–Kier alpha value is -1.68. The van der Waals surface area contributed by atoms with E-state index in [4.69, 9.17) is 4.99 Å². The van der Waals surface area contributed by atoms with Crippen LogP contribution in [0.1, 0.15) is 37.0 Å². The van der Waals surface area contributed by atoms with Gasteiger partial charge in [0.25, 0.3) is 0 Å². The van der Waals surface area contributed by atoms with Gasteiger partial charge in [-0.2, -0.15) is 0 Å². The minimum absolute atomic E-state index is 0. The number of rotatable bonds is 5. The molecule has 2 aliphatic rings. The molecule has 158 valence electrons. The number of nitrogens with one attached hydrogen (secondary N) is 1. The number of likely N-dealkylation sites (N-methyl/N-ethyl adjacent to an activating group) is 1. The molecule has 29 heavy (non-hydrogen) atoms. The van der Waals surface area contributed by atoms with Gasteiger partial charge in [-0.1, -0.05) is 25.1 Å². The Bertz CT molecular complexity index is 847. The molecule has 7 nitrogen and oxygen atoms in total. The van der Waals surface area contributed by atoms with Crippen molar-refractivity contribution in [1.82, 2.24) is 25.0 Å². The summed E-state index contributed by atoms with van der Waals surface area (Å²) in [6, 6.07) is 9.22. The molecule has 3 heterocycles. The molecular formula is C21H32IN7. The second-order valence-electron chi connectivity index (χ2n) is 7.70. The highest BCUT2D eigenvalue weighted by Gasteiger charge is 2.26. The van der Waals surface area contributed by atoms with E-state index in [2.05, 4.69) is 56.5 Å². The molecule has 1 aromatic carbocycles. The molecule has 1 atom stereocenters. The maximum absolute atomic E-state index is 4.95. The fourth-order valence-electron chi connectivity index (χ4n) is 4.28. The van der Waals surface area contributed by atoms with Crippen LogP contribution < -0.4 is 10.2 Å². The Morgan fingerprint density at radius 3 is 2.83 bits per heavy atom. The first kappa shape index (κ1) is 22.0. The fraction of sp³-hybridized carbons (Fsp3) is 0.571. The second-order valence-corrected chi connectivity index (χ2v) is 7.70. The number of hydrogen-bond donors (Lipinski definition) is 1. The first-order valence-electron chi connectivity index (χ1n) is 10.4. The van der Waals surface area contributed by atoms with Crippen LogP contribution in [0.15, 0.2) is 29.3 Å². The van der Waals surface area contributed by atoms with Crippen molar-refractivity contribution >= 4 is 35.6 Å². The molecule has 1 N–H and O–H groups in total. The van der Waals surface area contributed by atoms with Gasteiger partial charge in [0.2, 0.25) is 0 Å². The van der Waals surface area contributed by atoms with Gasteiger partial charge in [0.05, 0.1) is 0 Å². The lowest BCUT2D eigenvalue weighted by atomic mass is 10.2. The van der Waals surface area contributed by atoms with Gasteiger partial charge in [-0.25, -0.2) is 4.99 Å². The van der Waals surface area contributed by atoms with E-state index in [0.717, 1.165) is 43.7 Å². The zero-order valence-electron chi connectivity index (χ0n) is 17.6. The molecule has 8 heteroatoms. The van der Waals surface area contributed by atoms with Crippen LogP contribution in [-0.4, -0.2) is 57.8 Å². The number of aromatic nitrogens is 3. The van der Waals surface area contributed by atoms with Crippen LogP contribution in [0.4, 0.5) is 5.69 Å².